The first-order valence-corrected chi connectivity index (χ1v) is 8.13. The summed E-state index contributed by atoms with van der Waals surface area (Å²) in [6, 6.07) is 8.00. The number of carbonyl (C=O) groups excluding carboxylic acids is 1. The van der Waals surface area contributed by atoms with Crippen molar-refractivity contribution in [2.45, 2.75) is 44.6 Å². The van der Waals surface area contributed by atoms with Crippen LogP contribution in [0.5, 0.6) is 0 Å². The summed E-state index contributed by atoms with van der Waals surface area (Å²) in [4.78, 5) is 11.8. The van der Waals surface area contributed by atoms with E-state index in [-0.39, 0.29) is 12.0 Å². The van der Waals surface area contributed by atoms with E-state index in [0.717, 1.165) is 29.3 Å². The van der Waals surface area contributed by atoms with Crippen molar-refractivity contribution >= 4 is 21.8 Å². The van der Waals surface area contributed by atoms with Gasteiger partial charge >= 0.3 is 0 Å². The minimum atomic E-state index is -0.380. The molecular weight excluding hydrogens is 318 g/mol. The minimum absolute atomic E-state index is 0.0185. The van der Waals surface area contributed by atoms with Crippen LogP contribution in [-0.4, -0.2) is 23.7 Å². The van der Waals surface area contributed by atoms with Crippen LogP contribution < -0.4 is 5.32 Å². The van der Waals surface area contributed by atoms with Crippen molar-refractivity contribution in [2.75, 3.05) is 6.54 Å². The van der Waals surface area contributed by atoms with Crippen LogP contribution in [0.25, 0.3) is 0 Å². The molecule has 0 bridgehead atoms. The lowest BCUT2D eigenvalue weighted by Crippen LogP contribution is -2.35. The number of hydrogen-bond acceptors (Lipinski definition) is 2. The number of rotatable bonds is 6. The van der Waals surface area contributed by atoms with Gasteiger partial charge in [-0.05, 0) is 42.9 Å². The fraction of sp³-hybridized carbons (Fsp3) is 0.562. The Bertz CT molecular complexity index is 427. The Kier molecular flexibility index (Phi) is 6.05. The molecule has 0 saturated heterocycles. The van der Waals surface area contributed by atoms with Gasteiger partial charge in [-0.2, -0.15) is 0 Å². The fourth-order valence-corrected chi connectivity index (χ4v) is 2.99. The summed E-state index contributed by atoms with van der Waals surface area (Å²) in [5.74, 6) is 0.395. The number of aryl methyl sites for hydroxylation is 1. The maximum atomic E-state index is 11.8. The molecule has 1 aliphatic carbocycles. The van der Waals surface area contributed by atoms with Crippen molar-refractivity contribution in [2.24, 2.45) is 5.92 Å². The number of nitrogens with one attached hydrogen (secondary N) is 1. The topological polar surface area (TPSA) is 49.3 Å². The van der Waals surface area contributed by atoms with E-state index in [9.17, 15) is 9.90 Å². The highest BCUT2D eigenvalue weighted by atomic mass is 79.9. The molecule has 3 nitrogen and oxygen atoms in total. The number of benzene rings is 1. The van der Waals surface area contributed by atoms with E-state index in [1.54, 1.807) is 0 Å². The van der Waals surface area contributed by atoms with Crippen LogP contribution in [0, 0.1) is 5.92 Å². The van der Waals surface area contributed by atoms with Crippen LogP contribution in [0.15, 0.2) is 28.7 Å². The maximum Gasteiger partial charge on any atom is 0.220 e. The highest BCUT2D eigenvalue weighted by Crippen LogP contribution is 2.27. The summed E-state index contributed by atoms with van der Waals surface area (Å²) < 4.78 is 1.05. The molecule has 1 aromatic rings. The Morgan fingerprint density at radius 3 is 2.60 bits per heavy atom. The molecule has 0 radical (unpaired) electrons. The molecule has 4 heteroatoms. The van der Waals surface area contributed by atoms with Gasteiger partial charge in [-0.25, -0.2) is 0 Å². The van der Waals surface area contributed by atoms with Crippen molar-refractivity contribution in [1.29, 1.82) is 0 Å². The molecule has 20 heavy (non-hydrogen) atoms. The lowest BCUT2D eigenvalue weighted by atomic mass is 10.0. The molecule has 1 fully saturated rings. The average Bonchev–Trinajstić information content (AvgIpc) is 2.98. The van der Waals surface area contributed by atoms with E-state index in [1.165, 1.54) is 12.8 Å². The first kappa shape index (κ1) is 15.5. The molecule has 0 spiro atoms. The summed E-state index contributed by atoms with van der Waals surface area (Å²) in [7, 11) is 0. The van der Waals surface area contributed by atoms with Gasteiger partial charge in [0, 0.05) is 17.4 Å². The van der Waals surface area contributed by atoms with Crippen LogP contribution in [-0.2, 0) is 11.2 Å². The molecule has 1 amide bonds. The third kappa shape index (κ3) is 4.91. The molecule has 1 aromatic carbocycles. The molecule has 1 unspecified atom stereocenters. The lowest BCUT2D eigenvalue weighted by Gasteiger charge is -2.18. The number of amides is 1. The maximum absolute atomic E-state index is 11.8. The molecule has 110 valence electrons. The van der Waals surface area contributed by atoms with Gasteiger partial charge in [-0.15, -0.1) is 0 Å². The lowest BCUT2D eigenvalue weighted by molar-refractivity contribution is -0.121. The first-order chi connectivity index (χ1) is 9.65. The zero-order valence-corrected chi connectivity index (χ0v) is 13.2. The van der Waals surface area contributed by atoms with Crippen molar-refractivity contribution in [3.05, 3.63) is 34.3 Å². The minimum Gasteiger partial charge on any atom is -0.391 e. The summed E-state index contributed by atoms with van der Waals surface area (Å²) in [5.41, 5.74) is 1.15. The molecule has 2 rings (SSSR count). The van der Waals surface area contributed by atoms with Gasteiger partial charge in [0.05, 0.1) is 6.10 Å². The molecular formula is C16H22BrNO2. The second-order valence-electron chi connectivity index (χ2n) is 5.54. The second kappa shape index (κ2) is 7.79. The third-order valence-electron chi connectivity index (χ3n) is 4.01. The van der Waals surface area contributed by atoms with Crippen LogP contribution in [0.1, 0.15) is 37.7 Å². The molecule has 1 atom stereocenters. The molecule has 1 aliphatic rings. The van der Waals surface area contributed by atoms with Crippen molar-refractivity contribution < 1.29 is 9.90 Å². The van der Waals surface area contributed by atoms with Gasteiger partial charge in [-0.1, -0.05) is 40.9 Å². The average molecular weight is 340 g/mol. The predicted octanol–water partition coefficient (Wildman–Crippen LogP) is 3.05. The van der Waals surface area contributed by atoms with Gasteiger partial charge in [-0.3, -0.25) is 4.79 Å². The van der Waals surface area contributed by atoms with Gasteiger partial charge in [0.1, 0.15) is 0 Å². The van der Waals surface area contributed by atoms with Crippen LogP contribution in [0.2, 0.25) is 0 Å². The van der Waals surface area contributed by atoms with Crippen LogP contribution in [0.4, 0.5) is 0 Å². The van der Waals surface area contributed by atoms with Crippen LogP contribution >= 0.6 is 15.9 Å². The number of hydrogen-bond donors (Lipinski definition) is 2. The predicted molar refractivity (Wildman–Crippen MR) is 83.4 cm³/mol. The molecule has 1 saturated carbocycles. The number of aliphatic hydroxyl groups excluding tert-OH is 1. The van der Waals surface area contributed by atoms with Gasteiger partial charge in [0.15, 0.2) is 0 Å². The van der Waals surface area contributed by atoms with E-state index in [1.807, 2.05) is 24.3 Å². The third-order valence-corrected chi connectivity index (χ3v) is 4.54. The Balaban J connectivity index is 1.66. The van der Waals surface area contributed by atoms with Crippen molar-refractivity contribution in [1.82, 2.24) is 5.32 Å². The molecule has 0 aliphatic heterocycles. The summed E-state index contributed by atoms with van der Waals surface area (Å²) in [6.07, 6.45) is 5.43. The van der Waals surface area contributed by atoms with E-state index in [2.05, 4.69) is 21.2 Å². The molecule has 0 heterocycles. The van der Waals surface area contributed by atoms with E-state index >= 15 is 0 Å². The Hall–Kier alpha value is -0.870. The summed E-state index contributed by atoms with van der Waals surface area (Å²) >= 11 is 3.39. The van der Waals surface area contributed by atoms with Crippen molar-refractivity contribution in [3.63, 3.8) is 0 Å². The van der Waals surface area contributed by atoms with E-state index < -0.39 is 0 Å². The van der Waals surface area contributed by atoms with Crippen molar-refractivity contribution in [3.8, 4) is 0 Å². The van der Waals surface area contributed by atoms with Gasteiger partial charge < -0.3 is 10.4 Å². The number of aliphatic hydroxyl groups is 1. The van der Waals surface area contributed by atoms with E-state index in [0.29, 0.717) is 18.9 Å². The number of halogens is 1. The quantitative estimate of drug-likeness (QED) is 0.836. The Morgan fingerprint density at radius 2 is 1.95 bits per heavy atom. The Labute approximate surface area is 128 Å². The van der Waals surface area contributed by atoms with Gasteiger partial charge in [0.25, 0.3) is 0 Å². The highest BCUT2D eigenvalue weighted by Gasteiger charge is 2.23. The standard InChI is InChI=1S/C16H22BrNO2/c17-14-8-5-12(6-9-14)7-10-16(20)18-11-15(19)13-3-1-2-4-13/h5-6,8-9,13,15,19H,1-4,7,10-11H2,(H,18,20). The molecule has 0 aromatic heterocycles. The normalized spacial score (nSPS) is 17.1. The first-order valence-electron chi connectivity index (χ1n) is 7.34. The zero-order valence-electron chi connectivity index (χ0n) is 11.6. The Morgan fingerprint density at radius 1 is 1.30 bits per heavy atom. The van der Waals surface area contributed by atoms with Gasteiger partial charge in [0.2, 0.25) is 5.91 Å². The number of carbonyl (C=O) groups is 1. The monoisotopic (exact) mass is 339 g/mol. The van der Waals surface area contributed by atoms with Crippen LogP contribution in [0.3, 0.4) is 0 Å². The molecule has 2 N–H and O–H groups in total. The largest absolute Gasteiger partial charge is 0.391 e. The second-order valence-corrected chi connectivity index (χ2v) is 6.46. The van der Waals surface area contributed by atoms with E-state index in [4.69, 9.17) is 0 Å². The highest BCUT2D eigenvalue weighted by molar-refractivity contribution is 9.10. The summed E-state index contributed by atoms with van der Waals surface area (Å²) in [5, 5.41) is 12.8. The smallest absolute Gasteiger partial charge is 0.220 e. The SMILES string of the molecule is O=C(CCc1ccc(Br)cc1)NCC(O)C1CCCC1. The fourth-order valence-electron chi connectivity index (χ4n) is 2.72. The zero-order chi connectivity index (χ0) is 14.4. The summed E-state index contributed by atoms with van der Waals surface area (Å²) in [6.45, 7) is 0.393.